The minimum absolute atomic E-state index is 0.109. The number of esters is 1. The van der Waals surface area contributed by atoms with Gasteiger partial charge in [-0.05, 0) is 37.7 Å². The molecular formula is C20H32N4O3. The first-order valence-corrected chi connectivity index (χ1v) is 9.34. The van der Waals surface area contributed by atoms with Crippen molar-refractivity contribution in [3.63, 3.8) is 0 Å². The number of nitrogens with zero attached hydrogens (tertiary/aromatic N) is 3. The van der Waals surface area contributed by atoms with Crippen LogP contribution in [0.4, 0.5) is 0 Å². The van der Waals surface area contributed by atoms with Crippen LogP contribution in [-0.4, -0.2) is 76.2 Å². The second kappa shape index (κ2) is 10.2. The fourth-order valence-electron chi connectivity index (χ4n) is 3.20. The summed E-state index contributed by atoms with van der Waals surface area (Å²) in [5.41, 5.74) is 1.12. The van der Waals surface area contributed by atoms with Gasteiger partial charge >= 0.3 is 5.97 Å². The van der Waals surface area contributed by atoms with Gasteiger partial charge in [-0.2, -0.15) is 0 Å². The number of aliphatic imine (C=N–C) groups is 1. The summed E-state index contributed by atoms with van der Waals surface area (Å²) in [6.45, 7) is 5.67. The molecular weight excluding hydrogens is 344 g/mol. The van der Waals surface area contributed by atoms with Gasteiger partial charge in [0.05, 0.1) is 13.0 Å². The number of likely N-dealkylation sites (tertiary alicyclic amines) is 1. The lowest BCUT2D eigenvalue weighted by Crippen LogP contribution is -2.40. The van der Waals surface area contributed by atoms with Crippen molar-refractivity contribution in [1.82, 2.24) is 15.1 Å². The normalized spacial score (nSPS) is 20.1. The number of carbonyl (C=O) groups is 1. The number of guanidine groups is 1. The molecule has 150 valence electrons. The largest absolute Gasteiger partial charge is 0.492 e. The van der Waals surface area contributed by atoms with E-state index in [1.54, 1.807) is 7.05 Å². The maximum Gasteiger partial charge on any atom is 0.310 e. The Balaban J connectivity index is 1.90. The standard InChI is InChI=1S/C20H32N4O3/c1-15-13-24(14-18(15)19(25)26-5)20(21-2)22-12-16-7-6-8-17(11-16)27-10-9-23(3)4/h6-8,11,15,18H,9-10,12-14H2,1-5H3,(H,21,22). The predicted molar refractivity (Wildman–Crippen MR) is 107 cm³/mol. The van der Waals surface area contributed by atoms with Gasteiger partial charge in [0.25, 0.3) is 0 Å². The zero-order valence-electron chi connectivity index (χ0n) is 17.1. The van der Waals surface area contributed by atoms with Crippen LogP contribution >= 0.6 is 0 Å². The van der Waals surface area contributed by atoms with Crippen LogP contribution in [0.1, 0.15) is 12.5 Å². The highest BCUT2D eigenvalue weighted by Crippen LogP contribution is 2.24. The number of methoxy groups -OCH3 is 1. The quantitative estimate of drug-likeness (QED) is 0.441. The molecule has 0 saturated carbocycles. The van der Waals surface area contributed by atoms with Crippen molar-refractivity contribution >= 4 is 11.9 Å². The molecule has 1 aromatic carbocycles. The fraction of sp³-hybridized carbons (Fsp3) is 0.600. The van der Waals surface area contributed by atoms with Crippen molar-refractivity contribution in [2.45, 2.75) is 13.5 Å². The summed E-state index contributed by atoms with van der Waals surface area (Å²) in [6.07, 6.45) is 0. The molecule has 1 N–H and O–H groups in total. The van der Waals surface area contributed by atoms with Crippen LogP contribution in [0.5, 0.6) is 5.75 Å². The molecule has 1 aliphatic rings. The number of rotatable bonds is 7. The Morgan fingerprint density at radius 1 is 1.37 bits per heavy atom. The Morgan fingerprint density at radius 2 is 2.15 bits per heavy atom. The van der Waals surface area contributed by atoms with Crippen molar-refractivity contribution in [1.29, 1.82) is 0 Å². The summed E-state index contributed by atoms with van der Waals surface area (Å²) >= 11 is 0. The molecule has 2 rings (SSSR count). The summed E-state index contributed by atoms with van der Waals surface area (Å²) < 4.78 is 10.7. The van der Waals surface area contributed by atoms with Crippen LogP contribution in [0.25, 0.3) is 0 Å². The third kappa shape index (κ3) is 6.13. The van der Waals surface area contributed by atoms with Crippen LogP contribution in [-0.2, 0) is 16.1 Å². The highest BCUT2D eigenvalue weighted by molar-refractivity contribution is 5.82. The van der Waals surface area contributed by atoms with Gasteiger partial charge in [-0.15, -0.1) is 0 Å². The molecule has 2 atom stereocenters. The molecule has 0 bridgehead atoms. The molecule has 0 radical (unpaired) electrons. The number of hydrogen-bond acceptors (Lipinski definition) is 5. The molecule has 0 aromatic heterocycles. The predicted octanol–water partition coefficient (Wildman–Crippen LogP) is 1.44. The smallest absolute Gasteiger partial charge is 0.310 e. The first-order chi connectivity index (χ1) is 12.9. The Bertz CT molecular complexity index is 648. The summed E-state index contributed by atoms with van der Waals surface area (Å²) in [5, 5.41) is 3.39. The van der Waals surface area contributed by atoms with E-state index in [4.69, 9.17) is 9.47 Å². The van der Waals surface area contributed by atoms with E-state index in [9.17, 15) is 4.79 Å². The van der Waals surface area contributed by atoms with Gasteiger partial charge < -0.3 is 24.6 Å². The molecule has 0 spiro atoms. The molecule has 2 unspecified atom stereocenters. The second-order valence-electron chi connectivity index (χ2n) is 7.21. The van der Waals surface area contributed by atoms with Crippen molar-refractivity contribution in [2.24, 2.45) is 16.8 Å². The lowest BCUT2D eigenvalue weighted by atomic mass is 9.99. The number of nitrogens with one attached hydrogen (secondary N) is 1. The van der Waals surface area contributed by atoms with E-state index in [1.165, 1.54) is 7.11 Å². The number of carbonyl (C=O) groups excluding carboxylic acids is 1. The van der Waals surface area contributed by atoms with Gasteiger partial charge in [0.15, 0.2) is 5.96 Å². The van der Waals surface area contributed by atoms with E-state index in [2.05, 4.69) is 33.1 Å². The van der Waals surface area contributed by atoms with E-state index in [1.807, 2.05) is 32.3 Å². The summed E-state index contributed by atoms with van der Waals surface area (Å²) in [7, 11) is 7.26. The lowest BCUT2D eigenvalue weighted by Gasteiger charge is -2.21. The Morgan fingerprint density at radius 3 is 2.81 bits per heavy atom. The van der Waals surface area contributed by atoms with Crippen LogP contribution in [0, 0.1) is 11.8 Å². The molecule has 0 aliphatic carbocycles. The molecule has 7 heteroatoms. The average molecular weight is 377 g/mol. The summed E-state index contributed by atoms with van der Waals surface area (Å²) in [6, 6.07) is 8.07. The number of benzene rings is 1. The van der Waals surface area contributed by atoms with E-state index in [-0.39, 0.29) is 17.8 Å². The van der Waals surface area contributed by atoms with Gasteiger partial charge in [-0.3, -0.25) is 9.79 Å². The van der Waals surface area contributed by atoms with E-state index in [0.717, 1.165) is 30.4 Å². The monoisotopic (exact) mass is 376 g/mol. The minimum atomic E-state index is -0.150. The summed E-state index contributed by atoms with van der Waals surface area (Å²) in [4.78, 5) is 20.5. The van der Waals surface area contributed by atoms with E-state index < -0.39 is 0 Å². The summed E-state index contributed by atoms with van der Waals surface area (Å²) in [5.74, 6) is 1.65. The van der Waals surface area contributed by atoms with Crippen LogP contribution in [0.3, 0.4) is 0 Å². The minimum Gasteiger partial charge on any atom is -0.492 e. The van der Waals surface area contributed by atoms with Crippen LogP contribution in [0.15, 0.2) is 29.3 Å². The highest BCUT2D eigenvalue weighted by atomic mass is 16.5. The Hall–Kier alpha value is -2.28. The third-order valence-corrected chi connectivity index (χ3v) is 4.78. The van der Waals surface area contributed by atoms with Crippen LogP contribution in [0.2, 0.25) is 0 Å². The van der Waals surface area contributed by atoms with Crippen LogP contribution < -0.4 is 10.1 Å². The molecule has 1 fully saturated rings. The van der Waals surface area contributed by atoms with Crippen molar-refractivity contribution in [3.8, 4) is 5.75 Å². The molecule has 1 aromatic rings. The topological polar surface area (TPSA) is 66.4 Å². The molecule has 0 amide bonds. The van der Waals surface area contributed by atoms with Gasteiger partial charge in [0.2, 0.25) is 0 Å². The number of ether oxygens (including phenoxy) is 2. The molecule has 1 heterocycles. The van der Waals surface area contributed by atoms with Crippen molar-refractivity contribution < 1.29 is 14.3 Å². The molecule has 1 aliphatic heterocycles. The Kier molecular flexibility index (Phi) is 7.91. The van der Waals surface area contributed by atoms with Gasteiger partial charge in [0.1, 0.15) is 12.4 Å². The molecule has 1 saturated heterocycles. The first kappa shape index (κ1) is 21.0. The van der Waals surface area contributed by atoms with Gasteiger partial charge in [-0.25, -0.2) is 0 Å². The maximum absolute atomic E-state index is 11.9. The van der Waals surface area contributed by atoms with Crippen molar-refractivity contribution in [3.05, 3.63) is 29.8 Å². The third-order valence-electron chi connectivity index (χ3n) is 4.78. The fourth-order valence-corrected chi connectivity index (χ4v) is 3.20. The van der Waals surface area contributed by atoms with Gasteiger partial charge in [-0.1, -0.05) is 19.1 Å². The molecule has 27 heavy (non-hydrogen) atoms. The number of likely N-dealkylation sites (N-methyl/N-ethyl adjacent to an activating group) is 1. The van der Waals surface area contributed by atoms with E-state index >= 15 is 0 Å². The first-order valence-electron chi connectivity index (χ1n) is 9.34. The number of hydrogen-bond donors (Lipinski definition) is 1. The maximum atomic E-state index is 11.9. The SMILES string of the molecule is CN=C(NCc1cccc(OCCN(C)C)c1)N1CC(C)C(C(=O)OC)C1. The zero-order chi connectivity index (χ0) is 19.8. The molecule has 7 nitrogen and oxygen atoms in total. The highest BCUT2D eigenvalue weighted by Gasteiger charge is 2.36. The average Bonchev–Trinajstić information content (AvgIpc) is 3.03. The van der Waals surface area contributed by atoms with E-state index in [0.29, 0.717) is 19.7 Å². The second-order valence-corrected chi connectivity index (χ2v) is 7.21. The Labute approximate surface area is 162 Å². The van der Waals surface area contributed by atoms with Gasteiger partial charge in [0, 0.05) is 33.2 Å². The van der Waals surface area contributed by atoms with Crippen molar-refractivity contribution in [2.75, 3.05) is 54.5 Å². The lowest BCUT2D eigenvalue weighted by molar-refractivity contribution is -0.145. The zero-order valence-corrected chi connectivity index (χ0v) is 17.1.